The molecule has 0 N–H and O–H groups in total. The van der Waals surface area contributed by atoms with Crippen molar-refractivity contribution in [3.8, 4) is 0 Å². The summed E-state index contributed by atoms with van der Waals surface area (Å²) in [5.41, 5.74) is 3.23. The molecule has 1 rings (SSSR count). The van der Waals surface area contributed by atoms with Gasteiger partial charge in [-0.2, -0.15) is 0 Å². The van der Waals surface area contributed by atoms with Crippen molar-refractivity contribution in [2.75, 3.05) is 13.6 Å². The minimum absolute atomic E-state index is 0.0721. The molecule has 1 unspecified atom stereocenters. The number of allylic oxidation sites excluding steroid dienone is 3. The van der Waals surface area contributed by atoms with Crippen molar-refractivity contribution in [3.63, 3.8) is 0 Å². The molecule has 0 saturated heterocycles. The van der Waals surface area contributed by atoms with Crippen LogP contribution in [0.25, 0.3) is 0 Å². The molecule has 1 aromatic rings. The first kappa shape index (κ1) is 21.6. The van der Waals surface area contributed by atoms with Gasteiger partial charge in [0.05, 0.1) is 0 Å². The van der Waals surface area contributed by atoms with Crippen molar-refractivity contribution in [2.24, 2.45) is 0 Å². The van der Waals surface area contributed by atoms with Crippen LogP contribution in [0.1, 0.15) is 50.4 Å². The van der Waals surface area contributed by atoms with Crippen LogP contribution in [0.3, 0.4) is 0 Å². The molecule has 1 aromatic carbocycles. The van der Waals surface area contributed by atoms with Crippen molar-refractivity contribution in [2.45, 2.75) is 46.1 Å². The van der Waals surface area contributed by atoms with Crippen LogP contribution >= 0.6 is 15.9 Å². The summed E-state index contributed by atoms with van der Waals surface area (Å²) in [6.45, 7) is 11.1. The van der Waals surface area contributed by atoms with Crippen molar-refractivity contribution in [1.82, 2.24) is 4.90 Å². The standard InChI is InChI=1S/C22H30BrNO/c1-6-15-24(5)21(7-2)18(4)10-8-9-17(3)16-22(25)19-11-13-20(23)14-12-19/h6,10-14,16,21H,1,7-9,15H2,2-5H3/b17-16+,18-10+. The van der Waals surface area contributed by atoms with Gasteiger partial charge in [0.15, 0.2) is 5.78 Å². The lowest BCUT2D eigenvalue weighted by molar-refractivity contribution is 0.104. The van der Waals surface area contributed by atoms with Gasteiger partial charge in [-0.25, -0.2) is 0 Å². The molecule has 0 aliphatic rings. The Morgan fingerprint density at radius 2 is 1.92 bits per heavy atom. The Kier molecular flexibility index (Phi) is 9.69. The maximum absolute atomic E-state index is 12.3. The van der Waals surface area contributed by atoms with Crippen LogP contribution < -0.4 is 0 Å². The van der Waals surface area contributed by atoms with E-state index < -0.39 is 0 Å². The number of ketones is 1. The molecule has 136 valence electrons. The highest BCUT2D eigenvalue weighted by molar-refractivity contribution is 9.10. The molecule has 0 bridgehead atoms. The molecule has 0 aliphatic carbocycles. The first-order chi connectivity index (χ1) is 11.9. The molecule has 0 spiro atoms. The zero-order valence-electron chi connectivity index (χ0n) is 15.9. The average Bonchev–Trinajstić information content (AvgIpc) is 2.56. The van der Waals surface area contributed by atoms with E-state index in [1.54, 1.807) is 6.08 Å². The highest BCUT2D eigenvalue weighted by atomic mass is 79.9. The molecular formula is C22H30BrNO. The normalized spacial score (nSPS) is 13.8. The van der Waals surface area contributed by atoms with Crippen LogP contribution in [0, 0.1) is 0 Å². The Bertz CT molecular complexity index is 628. The van der Waals surface area contributed by atoms with E-state index in [0.29, 0.717) is 6.04 Å². The molecule has 0 radical (unpaired) electrons. The molecule has 2 nitrogen and oxygen atoms in total. The van der Waals surface area contributed by atoms with Crippen molar-refractivity contribution in [1.29, 1.82) is 0 Å². The Labute approximate surface area is 161 Å². The number of nitrogens with zero attached hydrogens (tertiary/aromatic N) is 1. The quantitative estimate of drug-likeness (QED) is 0.263. The summed E-state index contributed by atoms with van der Waals surface area (Å²) in [5, 5.41) is 0. The topological polar surface area (TPSA) is 20.3 Å². The molecular weight excluding hydrogens is 374 g/mol. The second kappa shape index (κ2) is 11.2. The zero-order chi connectivity index (χ0) is 18.8. The molecule has 0 aromatic heterocycles. The van der Waals surface area contributed by atoms with E-state index in [4.69, 9.17) is 0 Å². The fourth-order valence-electron chi connectivity index (χ4n) is 2.97. The van der Waals surface area contributed by atoms with Crippen LogP contribution in [-0.2, 0) is 0 Å². The number of hydrogen-bond donors (Lipinski definition) is 0. The van der Waals surface area contributed by atoms with E-state index in [-0.39, 0.29) is 5.78 Å². The first-order valence-electron chi connectivity index (χ1n) is 8.83. The van der Waals surface area contributed by atoms with E-state index in [1.807, 2.05) is 37.3 Å². The number of benzene rings is 1. The van der Waals surface area contributed by atoms with E-state index >= 15 is 0 Å². The van der Waals surface area contributed by atoms with Crippen LogP contribution in [0.2, 0.25) is 0 Å². The third-order valence-corrected chi connectivity index (χ3v) is 4.90. The smallest absolute Gasteiger partial charge is 0.185 e. The van der Waals surface area contributed by atoms with Crippen molar-refractivity contribution in [3.05, 3.63) is 70.3 Å². The molecule has 0 saturated carbocycles. The number of likely N-dealkylation sites (N-methyl/N-ethyl adjacent to an activating group) is 1. The largest absolute Gasteiger partial charge is 0.296 e. The summed E-state index contributed by atoms with van der Waals surface area (Å²) in [6, 6.07) is 7.94. The van der Waals surface area contributed by atoms with Gasteiger partial charge >= 0.3 is 0 Å². The van der Waals surface area contributed by atoms with E-state index in [1.165, 1.54) is 5.57 Å². The van der Waals surface area contributed by atoms with Gasteiger partial charge in [0.1, 0.15) is 0 Å². The Morgan fingerprint density at radius 1 is 1.28 bits per heavy atom. The van der Waals surface area contributed by atoms with Crippen molar-refractivity contribution >= 4 is 21.7 Å². The van der Waals surface area contributed by atoms with Gasteiger partial charge in [-0.1, -0.05) is 46.2 Å². The third kappa shape index (κ3) is 7.54. The zero-order valence-corrected chi connectivity index (χ0v) is 17.5. The summed E-state index contributed by atoms with van der Waals surface area (Å²) in [6.07, 6.45) is 8.95. The lowest BCUT2D eigenvalue weighted by atomic mass is 10.0. The molecule has 0 fully saturated rings. The fraction of sp³-hybridized carbons (Fsp3) is 0.409. The molecule has 3 heteroatoms. The maximum Gasteiger partial charge on any atom is 0.185 e. The lowest BCUT2D eigenvalue weighted by Crippen LogP contribution is -2.32. The summed E-state index contributed by atoms with van der Waals surface area (Å²) in [5.74, 6) is 0.0721. The predicted octanol–water partition coefficient (Wildman–Crippen LogP) is 6.20. The van der Waals surface area contributed by atoms with Crippen LogP contribution in [0.4, 0.5) is 0 Å². The van der Waals surface area contributed by atoms with Crippen LogP contribution in [-0.4, -0.2) is 30.3 Å². The highest BCUT2D eigenvalue weighted by Gasteiger charge is 2.12. The SMILES string of the molecule is C=CCN(C)C(CC)/C(C)=C/CC/C(C)=C/C(=O)c1ccc(Br)cc1. The lowest BCUT2D eigenvalue weighted by Gasteiger charge is -2.27. The average molecular weight is 404 g/mol. The molecule has 0 heterocycles. The fourth-order valence-corrected chi connectivity index (χ4v) is 3.23. The first-order valence-corrected chi connectivity index (χ1v) is 9.63. The number of carbonyl (C=O) groups excluding carboxylic acids is 1. The third-order valence-electron chi connectivity index (χ3n) is 4.37. The summed E-state index contributed by atoms with van der Waals surface area (Å²) < 4.78 is 0.984. The predicted molar refractivity (Wildman–Crippen MR) is 112 cm³/mol. The van der Waals surface area contributed by atoms with E-state index in [2.05, 4.69) is 54.4 Å². The molecule has 0 aliphatic heterocycles. The summed E-state index contributed by atoms with van der Waals surface area (Å²) in [4.78, 5) is 14.6. The number of hydrogen-bond acceptors (Lipinski definition) is 2. The van der Waals surface area contributed by atoms with E-state index in [9.17, 15) is 4.79 Å². The van der Waals surface area contributed by atoms with Crippen LogP contribution in [0.5, 0.6) is 0 Å². The highest BCUT2D eigenvalue weighted by Crippen LogP contribution is 2.16. The second-order valence-electron chi connectivity index (χ2n) is 6.50. The minimum atomic E-state index is 0.0721. The second-order valence-corrected chi connectivity index (χ2v) is 7.42. The minimum Gasteiger partial charge on any atom is -0.296 e. The van der Waals surface area contributed by atoms with Gasteiger partial charge < -0.3 is 0 Å². The Balaban J connectivity index is 2.62. The maximum atomic E-state index is 12.3. The van der Waals surface area contributed by atoms with Crippen LogP contribution in [0.15, 0.2) is 64.7 Å². The molecule has 1 atom stereocenters. The van der Waals surface area contributed by atoms with Gasteiger partial charge in [0, 0.05) is 22.6 Å². The Hall–Kier alpha value is -1.45. The van der Waals surface area contributed by atoms with Gasteiger partial charge in [-0.15, -0.1) is 6.58 Å². The van der Waals surface area contributed by atoms with Gasteiger partial charge in [-0.05, 0) is 70.5 Å². The number of halogens is 1. The molecule has 0 amide bonds. The van der Waals surface area contributed by atoms with E-state index in [0.717, 1.165) is 41.4 Å². The number of carbonyl (C=O) groups is 1. The molecule has 25 heavy (non-hydrogen) atoms. The monoisotopic (exact) mass is 403 g/mol. The summed E-state index contributed by atoms with van der Waals surface area (Å²) >= 11 is 3.39. The van der Waals surface area contributed by atoms with Gasteiger partial charge in [0.25, 0.3) is 0 Å². The number of rotatable bonds is 10. The Morgan fingerprint density at radius 3 is 2.48 bits per heavy atom. The van der Waals surface area contributed by atoms with Crippen molar-refractivity contribution < 1.29 is 4.79 Å². The van der Waals surface area contributed by atoms with Gasteiger partial charge in [0.2, 0.25) is 0 Å². The van der Waals surface area contributed by atoms with Gasteiger partial charge in [-0.3, -0.25) is 9.69 Å². The summed E-state index contributed by atoms with van der Waals surface area (Å²) in [7, 11) is 2.13.